The molecule has 0 aliphatic carbocycles. The average molecular weight is 287 g/mol. The van der Waals surface area contributed by atoms with E-state index in [-0.39, 0.29) is 5.91 Å². The summed E-state index contributed by atoms with van der Waals surface area (Å²) in [5, 5.41) is 7.36. The van der Waals surface area contributed by atoms with Crippen LogP contribution < -0.4 is 5.32 Å². The Kier molecular flexibility index (Phi) is 3.80. The molecule has 2 aromatic heterocycles. The van der Waals surface area contributed by atoms with Gasteiger partial charge in [-0.3, -0.25) is 9.78 Å². The van der Waals surface area contributed by atoms with Gasteiger partial charge >= 0.3 is 0 Å². The predicted octanol–water partition coefficient (Wildman–Crippen LogP) is 2.16. The molecule has 0 bridgehead atoms. The third-order valence-corrected chi connectivity index (χ3v) is 4.22. The summed E-state index contributed by atoms with van der Waals surface area (Å²) in [5.41, 5.74) is 3.56. The fraction of sp³-hybridized carbons (Fsp3) is 0.333. The molecular weight excluding hydrogens is 270 g/mol. The molecule has 3 rings (SSSR count). The van der Waals surface area contributed by atoms with Crippen LogP contribution >= 0.6 is 11.3 Å². The number of carbonyl (C=O) groups is 1. The first kappa shape index (κ1) is 13.3. The molecular formula is C15H17N3OS. The van der Waals surface area contributed by atoms with Crippen LogP contribution in [0.4, 0.5) is 0 Å². The van der Waals surface area contributed by atoms with Crippen LogP contribution in [0.5, 0.6) is 0 Å². The van der Waals surface area contributed by atoms with E-state index in [2.05, 4.69) is 15.7 Å². The van der Waals surface area contributed by atoms with Crippen LogP contribution in [0.2, 0.25) is 0 Å². The molecule has 0 saturated carbocycles. The molecule has 1 fully saturated rings. The van der Waals surface area contributed by atoms with Crippen molar-refractivity contribution >= 4 is 17.2 Å². The van der Waals surface area contributed by atoms with Crippen molar-refractivity contribution in [2.75, 3.05) is 26.2 Å². The number of aromatic nitrogens is 1. The van der Waals surface area contributed by atoms with E-state index in [0.717, 1.165) is 43.1 Å². The van der Waals surface area contributed by atoms with Gasteiger partial charge < -0.3 is 10.2 Å². The summed E-state index contributed by atoms with van der Waals surface area (Å²) in [6.07, 6.45) is 0. The minimum absolute atomic E-state index is 0.0911. The van der Waals surface area contributed by atoms with Gasteiger partial charge in [-0.05, 0) is 30.5 Å². The number of hydrogen-bond acceptors (Lipinski definition) is 4. The molecule has 20 heavy (non-hydrogen) atoms. The van der Waals surface area contributed by atoms with Crippen molar-refractivity contribution in [1.29, 1.82) is 0 Å². The number of carbonyl (C=O) groups excluding carboxylic acids is 1. The number of nitrogens with one attached hydrogen (secondary N) is 1. The van der Waals surface area contributed by atoms with Crippen molar-refractivity contribution in [2.24, 2.45) is 0 Å². The zero-order chi connectivity index (χ0) is 13.9. The van der Waals surface area contributed by atoms with E-state index >= 15 is 0 Å². The number of piperazine rings is 1. The maximum atomic E-state index is 12.5. The predicted molar refractivity (Wildman–Crippen MR) is 81.1 cm³/mol. The molecule has 1 amide bonds. The van der Waals surface area contributed by atoms with Gasteiger partial charge in [0.2, 0.25) is 0 Å². The van der Waals surface area contributed by atoms with E-state index in [1.54, 1.807) is 11.3 Å². The van der Waals surface area contributed by atoms with Gasteiger partial charge in [0.25, 0.3) is 5.91 Å². The Balaban J connectivity index is 1.85. The summed E-state index contributed by atoms with van der Waals surface area (Å²) < 4.78 is 0. The monoisotopic (exact) mass is 287 g/mol. The van der Waals surface area contributed by atoms with Crippen molar-refractivity contribution in [3.63, 3.8) is 0 Å². The first-order valence-corrected chi connectivity index (χ1v) is 7.70. The number of nitrogens with zero attached hydrogens (tertiary/aromatic N) is 2. The first-order valence-electron chi connectivity index (χ1n) is 6.76. The van der Waals surface area contributed by atoms with Crippen LogP contribution in [0, 0.1) is 6.92 Å². The second kappa shape index (κ2) is 5.73. The van der Waals surface area contributed by atoms with Crippen molar-refractivity contribution in [2.45, 2.75) is 6.92 Å². The van der Waals surface area contributed by atoms with Crippen molar-refractivity contribution < 1.29 is 4.79 Å². The fourth-order valence-electron chi connectivity index (χ4n) is 2.40. The van der Waals surface area contributed by atoms with Crippen LogP contribution in [-0.4, -0.2) is 42.0 Å². The summed E-state index contributed by atoms with van der Waals surface area (Å²) in [6, 6.07) is 5.88. The van der Waals surface area contributed by atoms with Crippen molar-refractivity contribution in [3.8, 4) is 11.3 Å². The molecule has 5 heteroatoms. The largest absolute Gasteiger partial charge is 0.336 e. The fourth-order valence-corrected chi connectivity index (χ4v) is 3.05. The molecule has 2 aromatic rings. The number of amides is 1. The SMILES string of the molecule is Cc1nc(-c2ccsc2)ccc1C(=O)N1CCNCC1. The summed E-state index contributed by atoms with van der Waals surface area (Å²) in [4.78, 5) is 18.9. The highest BCUT2D eigenvalue weighted by Crippen LogP contribution is 2.22. The molecule has 1 aliphatic heterocycles. The zero-order valence-electron chi connectivity index (χ0n) is 11.4. The average Bonchev–Trinajstić information content (AvgIpc) is 3.01. The third kappa shape index (κ3) is 2.59. The van der Waals surface area contributed by atoms with Gasteiger partial charge in [-0.2, -0.15) is 11.3 Å². The lowest BCUT2D eigenvalue weighted by atomic mass is 10.1. The van der Waals surface area contributed by atoms with E-state index in [0.29, 0.717) is 5.56 Å². The molecule has 0 unspecified atom stereocenters. The molecule has 0 spiro atoms. The Morgan fingerprint density at radius 2 is 2.10 bits per heavy atom. The number of rotatable bonds is 2. The molecule has 1 aliphatic rings. The smallest absolute Gasteiger partial charge is 0.255 e. The number of hydrogen-bond donors (Lipinski definition) is 1. The minimum Gasteiger partial charge on any atom is -0.336 e. The highest BCUT2D eigenvalue weighted by molar-refractivity contribution is 7.08. The lowest BCUT2D eigenvalue weighted by Gasteiger charge is -2.27. The Morgan fingerprint density at radius 1 is 1.30 bits per heavy atom. The van der Waals surface area contributed by atoms with E-state index in [1.807, 2.05) is 35.4 Å². The number of thiophene rings is 1. The van der Waals surface area contributed by atoms with E-state index in [9.17, 15) is 4.79 Å². The van der Waals surface area contributed by atoms with Gasteiger partial charge in [0, 0.05) is 37.1 Å². The maximum Gasteiger partial charge on any atom is 0.255 e. The molecule has 0 aromatic carbocycles. The maximum absolute atomic E-state index is 12.5. The van der Waals surface area contributed by atoms with Crippen LogP contribution in [0.1, 0.15) is 16.1 Å². The summed E-state index contributed by atoms with van der Waals surface area (Å²) >= 11 is 1.65. The molecule has 1 N–H and O–H groups in total. The Bertz CT molecular complexity index is 604. The lowest BCUT2D eigenvalue weighted by molar-refractivity contribution is 0.0734. The van der Waals surface area contributed by atoms with Crippen molar-refractivity contribution in [3.05, 3.63) is 40.2 Å². The number of aryl methyl sites for hydroxylation is 1. The Labute approximate surface area is 122 Å². The number of pyridine rings is 1. The molecule has 3 heterocycles. The van der Waals surface area contributed by atoms with Gasteiger partial charge in [0.05, 0.1) is 17.0 Å². The highest BCUT2D eigenvalue weighted by Gasteiger charge is 2.20. The molecule has 0 atom stereocenters. The van der Waals surface area contributed by atoms with Crippen LogP contribution in [0.15, 0.2) is 29.0 Å². The van der Waals surface area contributed by atoms with Gasteiger partial charge in [-0.1, -0.05) is 0 Å². The van der Waals surface area contributed by atoms with Crippen LogP contribution in [0.3, 0.4) is 0 Å². The molecule has 4 nitrogen and oxygen atoms in total. The van der Waals surface area contributed by atoms with Gasteiger partial charge in [-0.15, -0.1) is 0 Å². The first-order chi connectivity index (χ1) is 9.75. The second-order valence-corrected chi connectivity index (χ2v) is 5.66. The molecule has 104 valence electrons. The Morgan fingerprint density at radius 3 is 2.75 bits per heavy atom. The zero-order valence-corrected chi connectivity index (χ0v) is 12.2. The Hall–Kier alpha value is -1.72. The van der Waals surface area contributed by atoms with E-state index < -0.39 is 0 Å². The standard InChI is InChI=1S/C15H17N3OS/c1-11-13(15(19)18-7-5-16-6-8-18)2-3-14(17-11)12-4-9-20-10-12/h2-4,9-10,16H,5-8H2,1H3. The third-order valence-electron chi connectivity index (χ3n) is 3.54. The normalized spacial score (nSPS) is 15.3. The second-order valence-electron chi connectivity index (χ2n) is 4.88. The summed E-state index contributed by atoms with van der Waals surface area (Å²) in [7, 11) is 0. The van der Waals surface area contributed by atoms with Crippen LogP contribution in [0.25, 0.3) is 11.3 Å². The summed E-state index contributed by atoms with van der Waals surface area (Å²) in [6.45, 7) is 5.18. The van der Waals surface area contributed by atoms with Gasteiger partial charge in [0.1, 0.15) is 0 Å². The van der Waals surface area contributed by atoms with E-state index in [1.165, 1.54) is 0 Å². The summed E-state index contributed by atoms with van der Waals surface area (Å²) in [5.74, 6) is 0.0911. The van der Waals surface area contributed by atoms with Crippen LogP contribution in [-0.2, 0) is 0 Å². The van der Waals surface area contributed by atoms with E-state index in [4.69, 9.17) is 0 Å². The molecule has 0 radical (unpaired) electrons. The van der Waals surface area contributed by atoms with Gasteiger partial charge in [0.15, 0.2) is 0 Å². The molecule has 1 saturated heterocycles. The van der Waals surface area contributed by atoms with Gasteiger partial charge in [-0.25, -0.2) is 0 Å². The van der Waals surface area contributed by atoms with Crippen molar-refractivity contribution in [1.82, 2.24) is 15.2 Å². The topological polar surface area (TPSA) is 45.2 Å². The minimum atomic E-state index is 0.0911. The lowest BCUT2D eigenvalue weighted by Crippen LogP contribution is -2.46. The highest BCUT2D eigenvalue weighted by atomic mass is 32.1. The quantitative estimate of drug-likeness (QED) is 0.920.